The molecule has 0 bridgehead atoms. The third-order valence-corrected chi connectivity index (χ3v) is 11.1. The highest BCUT2D eigenvalue weighted by Gasteiger charge is 2.19. The van der Waals surface area contributed by atoms with Crippen molar-refractivity contribution < 1.29 is 28.6 Å². The van der Waals surface area contributed by atoms with Crippen molar-refractivity contribution in [1.82, 2.24) is 0 Å². The van der Waals surface area contributed by atoms with Gasteiger partial charge >= 0.3 is 17.9 Å². The molecule has 64 heavy (non-hydrogen) atoms. The maximum Gasteiger partial charge on any atom is 0.306 e. The van der Waals surface area contributed by atoms with Crippen molar-refractivity contribution in [3.63, 3.8) is 0 Å². The van der Waals surface area contributed by atoms with E-state index in [9.17, 15) is 14.4 Å². The van der Waals surface area contributed by atoms with Crippen molar-refractivity contribution in [2.45, 2.75) is 252 Å². The van der Waals surface area contributed by atoms with E-state index < -0.39 is 6.10 Å². The molecule has 1 unspecified atom stereocenters. The van der Waals surface area contributed by atoms with Crippen LogP contribution in [0.2, 0.25) is 0 Å². The largest absolute Gasteiger partial charge is 0.462 e. The van der Waals surface area contributed by atoms with Crippen molar-refractivity contribution in [3.05, 3.63) is 85.1 Å². The van der Waals surface area contributed by atoms with E-state index in [1.54, 1.807) is 0 Å². The zero-order valence-corrected chi connectivity index (χ0v) is 41.8. The number of esters is 3. The standard InChI is InChI=1S/C58H98O6/c1-4-7-10-13-16-19-22-24-25-26-27-28-29-30-31-32-33-35-36-39-42-45-48-51-57(60)63-54-55(53-62-56(59)50-47-44-41-38-21-18-15-12-9-6-3)64-58(61)52-49-46-43-40-37-34-23-20-17-14-11-8-5-2/h7-8,10-11,16-17,19-20,24-25,27-28,34,37,55H,4-6,9,12-15,18,21-23,26,29-33,35-36,38-54H2,1-3H3/b10-7-,11-8-,19-16-,20-17-,25-24-,28-27-,37-34-. The van der Waals surface area contributed by atoms with Gasteiger partial charge in [-0.25, -0.2) is 0 Å². The van der Waals surface area contributed by atoms with E-state index in [2.05, 4.69) is 106 Å². The summed E-state index contributed by atoms with van der Waals surface area (Å²) >= 11 is 0. The molecule has 0 saturated carbocycles. The van der Waals surface area contributed by atoms with Crippen LogP contribution < -0.4 is 0 Å². The van der Waals surface area contributed by atoms with Crippen LogP contribution in [0.3, 0.4) is 0 Å². The van der Waals surface area contributed by atoms with E-state index in [1.807, 2.05) is 0 Å². The lowest BCUT2D eigenvalue weighted by atomic mass is 10.1. The number of unbranched alkanes of at least 4 members (excludes halogenated alkanes) is 22. The maximum absolute atomic E-state index is 12.8. The summed E-state index contributed by atoms with van der Waals surface area (Å²) in [7, 11) is 0. The van der Waals surface area contributed by atoms with Crippen molar-refractivity contribution in [1.29, 1.82) is 0 Å². The molecule has 0 N–H and O–H groups in total. The van der Waals surface area contributed by atoms with E-state index in [0.29, 0.717) is 19.3 Å². The second-order valence-corrected chi connectivity index (χ2v) is 17.4. The monoisotopic (exact) mass is 891 g/mol. The normalized spacial score (nSPS) is 12.7. The summed E-state index contributed by atoms with van der Waals surface area (Å²) in [4.78, 5) is 37.9. The molecule has 0 radical (unpaired) electrons. The molecule has 0 aliphatic rings. The molecule has 366 valence electrons. The van der Waals surface area contributed by atoms with Crippen molar-refractivity contribution in [3.8, 4) is 0 Å². The predicted molar refractivity (Wildman–Crippen MR) is 274 cm³/mol. The highest BCUT2D eigenvalue weighted by Crippen LogP contribution is 2.15. The molecule has 1 atom stereocenters. The Balaban J connectivity index is 4.30. The first kappa shape index (κ1) is 60.6. The molecule has 0 saturated heterocycles. The van der Waals surface area contributed by atoms with E-state index in [-0.39, 0.29) is 31.1 Å². The van der Waals surface area contributed by atoms with Crippen LogP contribution in [0.15, 0.2) is 85.1 Å². The summed E-state index contributed by atoms with van der Waals surface area (Å²) < 4.78 is 16.8. The summed E-state index contributed by atoms with van der Waals surface area (Å²) in [5, 5.41) is 0. The number of hydrogen-bond donors (Lipinski definition) is 0. The average molecular weight is 891 g/mol. The highest BCUT2D eigenvalue weighted by atomic mass is 16.6. The molecular formula is C58H98O6. The Hall–Kier alpha value is -3.41. The van der Waals surface area contributed by atoms with Gasteiger partial charge in [0.25, 0.3) is 0 Å². The van der Waals surface area contributed by atoms with Gasteiger partial charge in [0, 0.05) is 19.3 Å². The minimum Gasteiger partial charge on any atom is -0.462 e. The minimum atomic E-state index is -0.790. The summed E-state index contributed by atoms with van der Waals surface area (Å²) in [5.41, 5.74) is 0. The lowest BCUT2D eigenvalue weighted by Crippen LogP contribution is -2.30. The highest BCUT2D eigenvalue weighted by molar-refractivity contribution is 5.71. The number of carbonyl (C=O) groups excluding carboxylic acids is 3. The van der Waals surface area contributed by atoms with E-state index in [4.69, 9.17) is 14.2 Å². The molecule has 6 heteroatoms. The van der Waals surface area contributed by atoms with Crippen LogP contribution in [0, 0.1) is 0 Å². The Morgan fingerprint density at radius 1 is 0.328 bits per heavy atom. The predicted octanol–water partition coefficient (Wildman–Crippen LogP) is 17.6. The minimum absolute atomic E-state index is 0.0883. The van der Waals surface area contributed by atoms with Gasteiger partial charge in [0.1, 0.15) is 13.2 Å². The van der Waals surface area contributed by atoms with Gasteiger partial charge in [0.2, 0.25) is 0 Å². The molecule has 0 aromatic carbocycles. The SMILES string of the molecule is CC/C=C\C/C=C\C/C=C\C/C=C\CCCCCCCCCCCCC(=O)OCC(COC(=O)CCCCCCCCCCCC)OC(=O)CCCCC/C=C\C/C=C\C/C=C\CC. The molecule has 0 rings (SSSR count). The lowest BCUT2D eigenvalue weighted by Gasteiger charge is -2.18. The zero-order chi connectivity index (χ0) is 46.5. The van der Waals surface area contributed by atoms with Crippen molar-refractivity contribution >= 4 is 17.9 Å². The third-order valence-electron chi connectivity index (χ3n) is 11.1. The van der Waals surface area contributed by atoms with Gasteiger partial charge in [-0.2, -0.15) is 0 Å². The average Bonchev–Trinajstić information content (AvgIpc) is 3.29. The van der Waals surface area contributed by atoms with Crippen molar-refractivity contribution in [2.75, 3.05) is 13.2 Å². The van der Waals surface area contributed by atoms with Gasteiger partial charge in [-0.15, -0.1) is 0 Å². The van der Waals surface area contributed by atoms with Gasteiger partial charge in [0.05, 0.1) is 0 Å². The topological polar surface area (TPSA) is 78.9 Å². The van der Waals surface area contributed by atoms with Crippen LogP contribution in [0.25, 0.3) is 0 Å². The summed E-state index contributed by atoms with van der Waals surface area (Å²) in [6.07, 6.45) is 67.2. The fraction of sp³-hybridized carbons (Fsp3) is 0.707. The molecule has 6 nitrogen and oxygen atoms in total. The summed E-state index contributed by atoms with van der Waals surface area (Å²) in [5.74, 6) is -0.923. The molecule has 0 aromatic rings. The van der Waals surface area contributed by atoms with Crippen LogP contribution >= 0.6 is 0 Å². The first-order valence-corrected chi connectivity index (χ1v) is 26.6. The van der Waals surface area contributed by atoms with Gasteiger partial charge in [-0.3, -0.25) is 14.4 Å². The number of rotatable bonds is 47. The van der Waals surface area contributed by atoms with Gasteiger partial charge < -0.3 is 14.2 Å². The third kappa shape index (κ3) is 49.6. The number of allylic oxidation sites excluding steroid dienone is 14. The van der Waals surface area contributed by atoms with Gasteiger partial charge in [-0.1, -0.05) is 221 Å². The molecule has 0 spiro atoms. The number of carbonyl (C=O) groups is 3. The maximum atomic E-state index is 12.8. The first-order valence-electron chi connectivity index (χ1n) is 26.6. The Bertz CT molecular complexity index is 1250. The number of hydrogen-bond acceptors (Lipinski definition) is 6. The summed E-state index contributed by atoms with van der Waals surface area (Å²) in [6, 6.07) is 0. The van der Waals surface area contributed by atoms with Crippen LogP contribution in [-0.2, 0) is 28.6 Å². The molecule has 0 aliphatic carbocycles. The van der Waals surface area contributed by atoms with Crippen LogP contribution in [0.5, 0.6) is 0 Å². The molecule has 0 fully saturated rings. The lowest BCUT2D eigenvalue weighted by molar-refractivity contribution is -0.167. The Labute approximate surface area is 395 Å². The van der Waals surface area contributed by atoms with Gasteiger partial charge in [0.15, 0.2) is 6.10 Å². The Kier molecular flexibility index (Phi) is 49.4. The van der Waals surface area contributed by atoms with Crippen molar-refractivity contribution in [2.24, 2.45) is 0 Å². The molecule has 0 aromatic heterocycles. The Morgan fingerprint density at radius 3 is 0.969 bits per heavy atom. The van der Waals surface area contributed by atoms with E-state index in [0.717, 1.165) is 109 Å². The quantitative estimate of drug-likeness (QED) is 0.0262. The number of ether oxygens (including phenoxy) is 3. The molecule has 0 amide bonds. The van der Waals surface area contributed by atoms with Crippen LogP contribution in [-0.4, -0.2) is 37.2 Å². The molecular weight excluding hydrogens is 793 g/mol. The van der Waals surface area contributed by atoms with E-state index >= 15 is 0 Å². The fourth-order valence-corrected chi connectivity index (χ4v) is 7.21. The second-order valence-electron chi connectivity index (χ2n) is 17.4. The summed E-state index contributed by atoms with van der Waals surface area (Å²) in [6.45, 7) is 6.37. The van der Waals surface area contributed by atoms with Crippen LogP contribution in [0.4, 0.5) is 0 Å². The molecule has 0 aliphatic heterocycles. The Morgan fingerprint density at radius 2 is 0.609 bits per heavy atom. The molecule has 0 heterocycles. The van der Waals surface area contributed by atoms with Crippen LogP contribution in [0.1, 0.15) is 245 Å². The van der Waals surface area contributed by atoms with Gasteiger partial charge in [-0.05, 0) is 89.9 Å². The smallest absolute Gasteiger partial charge is 0.306 e. The second kappa shape index (κ2) is 52.2. The first-order chi connectivity index (χ1) is 31.5. The zero-order valence-electron chi connectivity index (χ0n) is 41.8. The fourth-order valence-electron chi connectivity index (χ4n) is 7.21. The van der Waals surface area contributed by atoms with E-state index in [1.165, 1.54) is 96.3 Å².